The molecule has 14 heavy (non-hydrogen) atoms. The Labute approximate surface area is 80.4 Å². The van der Waals surface area contributed by atoms with Crippen LogP contribution in [0.15, 0.2) is 6.20 Å². The Bertz CT molecular complexity index is 354. The summed E-state index contributed by atoms with van der Waals surface area (Å²) in [5.41, 5.74) is 4.13. The zero-order valence-corrected chi connectivity index (χ0v) is 7.16. The van der Waals surface area contributed by atoms with Crippen molar-refractivity contribution in [2.75, 3.05) is 5.73 Å². The van der Waals surface area contributed by atoms with Crippen molar-refractivity contribution in [3.05, 3.63) is 17.2 Å². The summed E-state index contributed by atoms with van der Waals surface area (Å²) in [6.45, 7) is 0. The molecule has 0 saturated heterocycles. The number of nitrogens with two attached hydrogens (primary N) is 1. The van der Waals surface area contributed by atoms with E-state index in [-0.39, 0.29) is 0 Å². The van der Waals surface area contributed by atoms with E-state index in [1.54, 1.807) is 0 Å². The molecule has 0 aromatic carbocycles. The van der Waals surface area contributed by atoms with Gasteiger partial charge in [-0.05, 0) is 0 Å². The van der Waals surface area contributed by atoms with Crippen LogP contribution in [0.2, 0.25) is 5.15 Å². The Morgan fingerprint density at radius 3 is 2.50 bits per heavy atom. The summed E-state index contributed by atoms with van der Waals surface area (Å²) in [5.74, 6) is -2.16. The van der Waals surface area contributed by atoms with Gasteiger partial charge in [-0.15, -0.1) is 13.2 Å². The molecule has 0 atom stereocenters. The van der Waals surface area contributed by atoms with E-state index in [9.17, 15) is 17.6 Å². The summed E-state index contributed by atoms with van der Waals surface area (Å²) in [6, 6.07) is 0. The molecular formula is C6H3ClF4N2O. The smallest absolute Gasteiger partial charge is 0.400 e. The number of nitrogen functional groups attached to an aromatic ring is 1. The predicted octanol–water partition coefficient (Wildman–Crippen LogP) is 2.35. The number of hydrogen-bond donors (Lipinski definition) is 1. The minimum Gasteiger partial charge on any atom is -0.400 e. The molecular weight excluding hydrogens is 228 g/mol. The normalized spacial score (nSPS) is 11.5. The summed E-state index contributed by atoms with van der Waals surface area (Å²) < 4.78 is 51.3. The zero-order chi connectivity index (χ0) is 10.9. The quantitative estimate of drug-likeness (QED) is 0.595. The van der Waals surface area contributed by atoms with E-state index in [0.29, 0.717) is 6.20 Å². The fraction of sp³-hybridized carbons (Fsp3) is 0.167. The van der Waals surface area contributed by atoms with Gasteiger partial charge >= 0.3 is 6.36 Å². The zero-order valence-electron chi connectivity index (χ0n) is 6.40. The molecule has 0 spiro atoms. The number of hydrogen-bond acceptors (Lipinski definition) is 3. The molecule has 1 heterocycles. The van der Waals surface area contributed by atoms with Crippen LogP contribution in [0.5, 0.6) is 5.75 Å². The molecule has 0 bridgehead atoms. The van der Waals surface area contributed by atoms with Gasteiger partial charge in [-0.2, -0.15) is 0 Å². The molecule has 3 nitrogen and oxygen atoms in total. The highest BCUT2D eigenvalue weighted by Crippen LogP contribution is 2.34. The SMILES string of the molecule is Nc1c(F)cnc(Cl)c1OC(F)(F)F. The van der Waals surface area contributed by atoms with Crippen molar-refractivity contribution < 1.29 is 22.3 Å². The maximum absolute atomic E-state index is 12.6. The lowest BCUT2D eigenvalue weighted by atomic mass is 10.4. The fourth-order valence-corrected chi connectivity index (χ4v) is 0.863. The summed E-state index contributed by atoms with van der Waals surface area (Å²) >= 11 is 5.22. The highest BCUT2D eigenvalue weighted by Gasteiger charge is 2.34. The first-order valence-electron chi connectivity index (χ1n) is 3.16. The summed E-state index contributed by atoms with van der Waals surface area (Å²) in [4.78, 5) is 3.11. The first kappa shape index (κ1) is 10.8. The predicted molar refractivity (Wildman–Crippen MR) is 40.3 cm³/mol. The lowest BCUT2D eigenvalue weighted by molar-refractivity contribution is -0.274. The minimum atomic E-state index is -4.99. The van der Waals surface area contributed by atoms with Gasteiger partial charge in [-0.1, -0.05) is 11.6 Å². The average Bonchev–Trinajstić information content (AvgIpc) is 2.04. The van der Waals surface area contributed by atoms with E-state index in [1.807, 2.05) is 0 Å². The molecule has 0 fully saturated rings. The molecule has 0 aliphatic carbocycles. The second kappa shape index (κ2) is 3.49. The Morgan fingerprint density at radius 2 is 2.00 bits per heavy atom. The van der Waals surface area contributed by atoms with Crippen molar-refractivity contribution in [2.24, 2.45) is 0 Å². The molecule has 1 aromatic heterocycles. The lowest BCUT2D eigenvalue weighted by Gasteiger charge is -2.11. The van der Waals surface area contributed by atoms with Crippen LogP contribution in [0.1, 0.15) is 0 Å². The first-order valence-corrected chi connectivity index (χ1v) is 3.54. The number of pyridine rings is 1. The molecule has 1 rings (SSSR count). The second-order valence-corrected chi connectivity index (χ2v) is 2.55. The topological polar surface area (TPSA) is 48.1 Å². The van der Waals surface area contributed by atoms with Gasteiger partial charge in [0.1, 0.15) is 5.69 Å². The Balaban J connectivity index is 3.13. The molecule has 0 aliphatic heterocycles. The third-order valence-corrected chi connectivity index (χ3v) is 1.47. The number of anilines is 1. The largest absolute Gasteiger partial charge is 0.573 e. The van der Waals surface area contributed by atoms with Crippen LogP contribution in [0.3, 0.4) is 0 Å². The molecule has 2 N–H and O–H groups in total. The molecule has 78 valence electrons. The number of nitrogens with zero attached hydrogens (tertiary/aromatic N) is 1. The standard InChI is InChI=1S/C6H3ClF4N2O/c7-5-4(14-6(9,10)11)3(12)2(8)1-13-5/h1H,(H2,12,13). The van der Waals surface area contributed by atoms with Crippen LogP contribution < -0.4 is 10.5 Å². The molecule has 0 aliphatic rings. The lowest BCUT2D eigenvalue weighted by Crippen LogP contribution is -2.19. The highest BCUT2D eigenvalue weighted by atomic mass is 35.5. The van der Waals surface area contributed by atoms with Crippen molar-refractivity contribution in [3.63, 3.8) is 0 Å². The Kier molecular flexibility index (Phi) is 2.70. The molecule has 0 amide bonds. The Morgan fingerprint density at radius 1 is 1.43 bits per heavy atom. The number of aromatic nitrogens is 1. The van der Waals surface area contributed by atoms with Crippen LogP contribution in [0.25, 0.3) is 0 Å². The summed E-state index contributed by atoms with van der Waals surface area (Å²) in [6.07, 6.45) is -4.39. The number of halogens is 5. The van der Waals surface area contributed by atoms with E-state index < -0.39 is 28.8 Å². The summed E-state index contributed by atoms with van der Waals surface area (Å²) in [7, 11) is 0. The molecule has 0 unspecified atom stereocenters. The van der Waals surface area contributed by atoms with Crippen molar-refractivity contribution >= 4 is 17.3 Å². The molecule has 0 saturated carbocycles. The maximum atomic E-state index is 12.6. The van der Waals surface area contributed by atoms with E-state index in [2.05, 4.69) is 9.72 Å². The first-order chi connectivity index (χ1) is 6.31. The number of ether oxygens (including phenoxy) is 1. The third kappa shape index (κ3) is 2.38. The van der Waals surface area contributed by atoms with Crippen molar-refractivity contribution in [2.45, 2.75) is 6.36 Å². The van der Waals surface area contributed by atoms with Gasteiger partial charge in [0.15, 0.2) is 16.7 Å². The van der Waals surface area contributed by atoms with Gasteiger partial charge in [0.25, 0.3) is 0 Å². The van der Waals surface area contributed by atoms with Gasteiger partial charge in [-0.25, -0.2) is 9.37 Å². The van der Waals surface area contributed by atoms with Crippen LogP contribution in [0, 0.1) is 5.82 Å². The highest BCUT2D eigenvalue weighted by molar-refractivity contribution is 6.31. The van der Waals surface area contributed by atoms with Gasteiger partial charge < -0.3 is 10.5 Å². The van der Waals surface area contributed by atoms with Crippen LogP contribution in [-0.4, -0.2) is 11.3 Å². The Hall–Kier alpha value is -1.24. The van der Waals surface area contributed by atoms with Gasteiger partial charge in [0.2, 0.25) is 0 Å². The van der Waals surface area contributed by atoms with Crippen molar-refractivity contribution in [1.29, 1.82) is 0 Å². The fourth-order valence-electron chi connectivity index (χ4n) is 0.674. The van der Waals surface area contributed by atoms with E-state index in [1.165, 1.54) is 0 Å². The number of alkyl halides is 3. The molecule has 1 aromatic rings. The monoisotopic (exact) mass is 230 g/mol. The third-order valence-electron chi connectivity index (χ3n) is 1.20. The van der Waals surface area contributed by atoms with Gasteiger partial charge in [-0.3, -0.25) is 0 Å². The number of rotatable bonds is 1. The van der Waals surface area contributed by atoms with Gasteiger partial charge in [0, 0.05) is 0 Å². The maximum Gasteiger partial charge on any atom is 0.573 e. The van der Waals surface area contributed by atoms with E-state index >= 15 is 0 Å². The van der Waals surface area contributed by atoms with Gasteiger partial charge in [0.05, 0.1) is 6.20 Å². The molecule has 8 heteroatoms. The van der Waals surface area contributed by atoms with E-state index in [0.717, 1.165) is 0 Å². The van der Waals surface area contributed by atoms with Crippen LogP contribution in [-0.2, 0) is 0 Å². The van der Waals surface area contributed by atoms with Crippen LogP contribution >= 0.6 is 11.6 Å². The second-order valence-electron chi connectivity index (χ2n) is 2.19. The van der Waals surface area contributed by atoms with Crippen molar-refractivity contribution in [3.8, 4) is 5.75 Å². The molecule has 0 radical (unpaired) electrons. The van der Waals surface area contributed by atoms with Crippen LogP contribution in [0.4, 0.5) is 23.2 Å². The minimum absolute atomic E-state index is 0.598. The van der Waals surface area contributed by atoms with E-state index in [4.69, 9.17) is 17.3 Å². The van der Waals surface area contributed by atoms with Crippen molar-refractivity contribution in [1.82, 2.24) is 4.98 Å². The average molecular weight is 231 g/mol. The summed E-state index contributed by atoms with van der Waals surface area (Å²) in [5, 5.41) is -0.652.